The monoisotopic (exact) mass is 288 g/mol. The van der Waals surface area contributed by atoms with E-state index >= 15 is 0 Å². The molecule has 0 heterocycles. The van der Waals surface area contributed by atoms with Crippen LogP contribution in [0, 0.1) is 0 Å². The standard InChI is InChI=1S/C10H20N6S2/c1-5-11-9(17)15-13-7(3)8(4)14-16-10(18)12-6-2/h5-6H2,1-4H3,(H2,11,15,17)(H2,12,16,18)/b13-7-,14-8+. The van der Waals surface area contributed by atoms with Crippen LogP contribution in [0.2, 0.25) is 0 Å². The Kier molecular flexibility index (Phi) is 9.03. The van der Waals surface area contributed by atoms with Crippen LogP contribution >= 0.6 is 24.4 Å². The molecule has 0 atom stereocenters. The molecule has 102 valence electrons. The van der Waals surface area contributed by atoms with Gasteiger partial charge in [-0.25, -0.2) is 0 Å². The minimum atomic E-state index is 0.487. The zero-order valence-electron chi connectivity index (χ0n) is 11.1. The lowest BCUT2D eigenvalue weighted by Gasteiger charge is -2.07. The first-order valence-corrected chi connectivity index (χ1v) is 6.49. The van der Waals surface area contributed by atoms with Gasteiger partial charge in [0.2, 0.25) is 0 Å². The summed E-state index contributed by atoms with van der Waals surface area (Å²) in [5.41, 5.74) is 6.90. The van der Waals surface area contributed by atoms with E-state index in [2.05, 4.69) is 31.7 Å². The number of hydrogen-bond acceptors (Lipinski definition) is 4. The van der Waals surface area contributed by atoms with Crippen LogP contribution in [0.4, 0.5) is 0 Å². The fourth-order valence-electron chi connectivity index (χ4n) is 0.831. The van der Waals surface area contributed by atoms with Gasteiger partial charge in [-0.1, -0.05) is 0 Å². The topological polar surface area (TPSA) is 72.8 Å². The molecule has 4 N–H and O–H groups in total. The highest BCUT2D eigenvalue weighted by Crippen LogP contribution is 1.82. The van der Waals surface area contributed by atoms with Crippen LogP contribution in [-0.4, -0.2) is 34.7 Å². The Labute approximate surface area is 119 Å². The zero-order chi connectivity index (χ0) is 14.0. The van der Waals surface area contributed by atoms with Crippen molar-refractivity contribution in [2.75, 3.05) is 13.1 Å². The lowest BCUT2D eigenvalue weighted by molar-refractivity contribution is 0.896. The maximum absolute atomic E-state index is 4.98. The van der Waals surface area contributed by atoms with Crippen LogP contribution in [-0.2, 0) is 0 Å². The second-order valence-corrected chi connectivity index (χ2v) is 4.15. The van der Waals surface area contributed by atoms with Crippen LogP contribution in [0.15, 0.2) is 10.2 Å². The Morgan fingerprint density at radius 1 is 0.833 bits per heavy atom. The summed E-state index contributed by atoms with van der Waals surface area (Å²) in [6.45, 7) is 9.10. The van der Waals surface area contributed by atoms with Gasteiger partial charge in [0, 0.05) is 13.1 Å². The van der Waals surface area contributed by atoms with Gasteiger partial charge in [-0.05, 0) is 52.1 Å². The zero-order valence-corrected chi connectivity index (χ0v) is 12.8. The molecule has 0 unspecified atom stereocenters. The summed E-state index contributed by atoms with van der Waals surface area (Å²) < 4.78 is 0. The molecule has 18 heavy (non-hydrogen) atoms. The highest BCUT2D eigenvalue weighted by molar-refractivity contribution is 7.80. The first kappa shape index (κ1) is 16.7. The van der Waals surface area contributed by atoms with Crippen molar-refractivity contribution >= 4 is 46.1 Å². The molecule has 0 rings (SSSR count). The van der Waals surface area contributed by atoms with Gasteiger partial charge in [-0.2, -0.15) is 10.2 Å². The van der Waals surface area contributed by atoms with Gasteiger partial charge in [0.1, 0.15) is 0 Å². The minimum Gasteiger partial charge on any atom is -0.362 e. The van der Waals surface area contributed by atoms with Crippen molar-refractivity contribution in [2.24, 2.45) is 10.2 Å². The van der Waals surface area contributed by atoms with E-state index in [1.807, 2.05) is 27.7 Å². The average molecular weight is 288 g/mol. The van der Waals surface area contributed by atoms with Gasteiger partial charge in [-0.15, -0.1) is 0 Å². The van der Waals surface area contributed by atoms with Crippen LogP contribution in [0.25, 0.3) is 0 Å². The summed E-state index contributed by atoms with van der Waals surface area (Å²) in [5, 5.41) is 15.0. The summed E-state index contributed by atoms with van der Waals surface area (Å²) in [4.78, 5) is 0. The molecule has 0 amide bonds. The van der Waals surface area contributed by atoms with Gasteiger partial charge < -0.3 is 10.6 Å². The Morgan fingerprint density at radius 2 is 1.17 bits per heavy atom. The summed E-state index contributed by atoms with van der Waals surface area (Å²) in [6, 6.07) is 0. The number of hydrazone groups is 2. The molecule has 0 aliphatic heterocycles. The molecular formula is C10H20N6S2. The van der Waals surface area contributed by atoms with E-state index in [-0.39, 0.29) is 0 Å². The van der Waals surface area contributed by atoms with Gasteiger partial charge >= 0.3 is 0 Å². The molecule has 0 aromatic rings. The lowest BCUT2D eigenvalue weighted by Crippen LogP contribution is -2.34. The number of nitrogens with zero attached hydrogens (tertiary/aromatic N) is 2. The molecule has 0 saturated carbocycles. The van der Waals surface area contributed by atoms with Gasteiger partial charge in [0.05, 0.1) is 11.4 Å². The molecule has 0 bridgehead atoms. The predicted octanol–water partition coefficient (Wildman–Crippen LogP) is 0.706. The van der Waals surface area contributed by atoms with Crippen molar-refractivity contribution < 1.29 is 0 Å². The van der Waals surface area contributed by atoms with Gasteiger partial charge in [0.15, 0.2) is 10.2 Å². The molecule has 0 spiro atoms. The van der Waals surface area contributed by atoms with E-state index < -0.39 is 0 Å². The second kappa shape index (κ2) is 9.72. The van der Waals surface area contributed by atoms with E-state index in [4.69, 9.17) is 24.4 Å². The van der Waals surface area contributed by atoms with Gasteiger partial charge in [0.25, 0.3) is 0 Å². The van der Waals surface area contributed by atoms with Crippen LogP contribution in [0.1, 0.15) is 27.7 Å². The molecule has 0 fully saturated rings. The van der Waals surface area contributed by atoms with Gasteiger partial charge in [-0.3, -0.25) is 10.9 Å². The van der Waals surface area contributed by atoms with Crippen molar-refractivity contribution in [3.63, 3.8) is 0 Å². The summed E-state index contributed by atoms with van der Waals surface area (Å²) in [5.74, 6) is 0. The van der Waals surface area contributed by atoms with Crippen molar-refractivity contribution in [2.45, 2.75) is 27.7 Å². The summed E-state index contributed by atoms with van der Waals surface area (Å²) >= 11 is 9.97. The van der Waals surface area contributed by atoms with E-state index in [9.17, 15) is 0 Å². The highest BCUT2D eigenvalue weighted by atomic mass is 32.1. The average Bonchev–Trinajstić information content (AvgIpc) is 2.33. The first-order valence-electron chi connectivity index (χ1n) is 5.67. The Balaban J connectivity index is 4.26. The maximum Gasteiger partial charge on any atom is 0.186 e. The lowest BCUT2D eigenvalue weighted by atomic mass is 10.3. The Bertz CT molecular complexity index is 316. The largest absolute Gasteiger partial charge is 0.362 e. The van der Waals surface area contributed by atoms with Crippen molar-refractivity contribution in [3.05, 3.63) is 0 Å². The van der Waals surface area contributed by atoms with Crippen molar-refractivity contribution in [3.8, 4) is 0 Å². The first-order chi connectivity index (χ1) is 8.51. The molecule has 6 nitrogen and oxygen atoms in total. The Hall–Kier alpha value is -1.28. The van der Waals surface area contributed by atoms with Crippen LogP contribution < -0.4 is 21.5 Å². The number of hydrogen-bond donors (Lipinski definition) is 4. The SMILES string of the molecule is CCNC(=S)N/N=C(C)\C(C)=N\NC(=S)NCC. The van der Waals surface area contributed by atoms with Crippen LogP contribution in [0.3, 0.4) is 0 Å². The molecule has 0 aromatic heterocycles. The maximum atomic E-state index is 4.98. The third kappa shape index (κ3) is 7.91. The fraction of sp³-hybridized carbons (Fsp3) is 0.600. The van der Waals surface area contributed by atoms with Crippen LogP contribution in [0.5, 0.6) is 0 Å². The third-order valence-corrected chi connectivity index (χ3v) is 2.32. The van der Waals surface area contributed by atoms with E-state index in [0.717, 1.165) is 24.5 Å². The van der Waals surface area contributed by atoms with E-state index in [0.29, 0.717) is 10.2 Å². The molecule has 0 aliphatic carbocycles. The Morgan fingerprint density at radius 3 is 1.44 bits per heavy atom. The number of nitrogens with one attached hydrogen (secondary N) is 4. The summed E-state index contributed by atoms with van der Waals surface area (Å²) in [7, 11) is 0. The molecule has 0 aromatic carbocycles. The quantitative estimate of drug-likeness (QED) is 0.339. The van der Waals surface area contributed by atoms with E-state index in [1.54, 1.807) is 0 Å². The molecule has 0 aliphatic rings. The molecule has 8 heteroatoms. The highest BCUT2D eigenvalue weighted by Gasteiger charge is 1.98. The normalized spacial score (nSPS) is 11.8. The van der Waals surface area contributed by atoms with Crippen molar-refractivity contribution in [1.82, 2.24) is 21.5 Å². The molecule has 0 saturated heterocycles. The summed E-state index contributed by atoms with van der Waals surface area (Å²) in [6.07, 6.45) is 0. The fourth-order valence-corrected chi connectivity index (χ4v) is 1.21. The number of rotatable bonds is 5. The second-order valence-electron chi connectivity index (χ2n) is 3.34. The predicted molar refractivity (Wildman–Crippen MR) is 85.0 cm³/mol. The number of thiocarbonyl (C=S) groups is 2. The molecule has 0 radical (unpaired) electrons. The van der Waals surface area contributed by atoms with E-state index in [1.165, 1.54) is 0 Å². The minimum absolute atomic E-state index is 0.487. The smallest absolute Gasteiger partial charge is 0.186 e. The van der Waals surface area contributed by atoms with Crippen molar-refractivity contribution in [1.29, 1.82) is 0 Å². The molecular weight excluding hydrogens is 268 g/mol. The third-order valence-electron chi connectivity index (χ3n) is 1.85.